The smallest absolute Gasteiger partial charge is 0.254 e. The van der Waals surface area contributed by atoms with Crippen LogP contribution < -0.4 is 15.4 Å². The Morgan fingerprint density at radius 2 is 2.00 bits per heavy atom. The Labute approximate surface area is 238 Å². The van der Waals surface area contributed by atoms with E-state index < -0.39 is 18.1 Å². The quantitative estimate of drug-likeness (QED) is 0.340. The highest BCUT2D eigenvalue weighted by atomic mass is 32.1. The first-order chi connectivity index (χ1) is 19.2. The number of aliphatic hydroxyl groups is 1. The second kappa shape index (κ2) is 12.1. The zero-order valence-corrected chi connectivity index (χ0v) is 24.1. The molecule has 0 bridgehead atoms. The summed E-state index contributed by atoms with van der Waals surface area (Å²) in [6.07, 6.45) is -0.603. The van der Waals surface area contributed by atoms with Gasteiger partial charge in [-0.2, -0.15) is 0 Å². The van der Waals surface area contributed by atoms with Crippen LogP contribution in [0.2, 0.25) is 0 Å². The Hall–Kier alpha value is -3.28. The highest BCUT2D eigenvalue weighted by molar-refractivity contribution is 7.13. The van der Waals surface area contributed by atoms with E-state index in [9.17, 15) is 14.7 Å². The summed E-state index contributed by atoms with van der Waals surface area (Å²) in [7, 11) is 0. The van der Waals surface area contributed by atoms with Gasteiger partial charge in [0, 0.05) is 38.0 Å². The van der Waals surface area contributed by atoms with E-state index in [0.29, 0.717) is 24.2 Å². The first-order valence-corrected chi connectivity index (χ1v) is 14.7. The standard InChI is InChI=1S/C29H37N5O5S/c1-16(2)26(24-10-25(33-39-24)38-14-19-11-30-12-19)29(37)34-13-22(35)9-23(34)28(36)32-17(3)20-5-7-21(8-6-20)27-18(4)31-15-40-27/h5-8,10,15-17,19,22-23,26,30,35H,9,11-14H2,1-4H3,(H,32,36)/t17-,22+,23-,26+/m0/s1. The van der Waals surface area contributed by atoms with Gasteiger partial charge in [0.05, 0.1) is 34.8 Å². The molecule has 2 aromatic heterocycles. The lowest BCUT2D eigenvalue weighted by atomic mass is 9.91. The summed E-state index contributed by atoms with van der Waals surface area (Å²) in [4.78, 5) is 34.1. The lowest BCUT2D eigenvalue weighted by Gasteiger charge is -2.29. The van der Waals surface area contributed by atoms with E-state index >= 15 is 0 Å². The molecule has 2 aliphatic heterocycles. The molecule has 11 heteroatoms. The molecule has 2 saturated heterocycles. The van der Waals surface area contributed by atoms with Gasteiger partial charge in [0.15, 0.2) is 5.76 Å². The Bertz CT molecular complexity index is 1320. The van der Waals surface area contributed by atoms with E-state index in [0.717, 1.165) is 34.8 Å². The summed E-state index contributed by atoms with van der Waals surface area (Å²) >= 11 is 1.60. The van der Waals surface area contributed by atoms with Gasteiger partial charge < -0.3 is 29.9 Å². The van der Waals surface area contributed by atoms with Crippen molar-refractivity contribution in [2.75, 3.05) is 26.2 Å². The van der Waals surface area contributed by atoms with Gasteiger partial charge in [-0.25, -0.2) is 4.98 Å². The second-order valence-corrected chi connectivity index (χ2v) is 12.0. The summed E-state index contributed by atoms with van der Waals surface area (Å²) in [5, 5.41) is 20.7. The Kier molecular flexibility index (Phi) is 8.53. The molecule has 0 saturated carbocycles. The molecular formula is C29H37N5O5S. The first kappa shape index (κ1) is 28.3. The predicted octanol–water partition coefficient (Wildman–Crippen LogP) is 3.28. The average Bonchev–Trinajstić information content (AvgIpc) is 3.63. The normalized spacial score (nSPS) is 20.8. The molecule has 0 radical (unpaired) electrons. The van der Waals surface area contributed by atoms with Gasteiger partial charge in [0.25, 0.3) is 5.88 Å². The fourth-order valence-corrected chi connectivity index (χ4v) is 6.08. The molecule has 3 aromatic rings. The molecule has 0 aliphatic carbocycles. The Balaban J connectivity index is 1.25. The largest absolute Gasteiger partial charge is 0.475 e. The van der Waals surface area contributed by atoms with Crippen LogP contribution in [0.3, 0.4) is 0 Å². The van der Waals surface area contributed by atoms with E-state index in [4.69, 9.17) is 9.26 Å². The molecule has 214 valence electrons. The number of hydrogen-bond acceptors (Lipinski definition) is 9. The van der Waals surface area contributed by atoms with Gasteiger partial charge in [-0.15, -0.1) is 11.3 Å². The van der Waals surface area contributed by atoms with Crippen molar-refractivity contribution in [1.29, 1.82) is 0 Å². The number of aryl methyl sites for hydroxylation is 1. The van der Waals surface area contributed by atoms with Crippen molar-refractivity contribution in [3.05, 3.63) is 52.9 Å². The monoisotopic (exact) mass is 567 g/mol. The minimum absolute atomic E-state index is 0.0869. The highest BCUT2D eigenvalue weighted by Gasteiger charge is 2.43. The Morgan fingerprint density at radius 3 is 2.62 bits per heavy atom. The summed E-state index contributed by atoms with van der Waals surface area (Å²) < 4.78 is 11.3. The number of rotatable bonds is 10. The minimum Gasteiger partial charge on any atom is -0.475 e. The van der Waals surface area contributed by atoms with Crippen LogP contribution >= 0.6 is 11.3 Å². The molecule has 2 fully saturated rings. The van der Waals surface area contributed by atoms with Crippen molar-refractivity contribution in [3.63, 3.8) is 0 Å². The SMILES string of the molecule is Cc1ncsc1-c1ccc([C@H](C)NC(=O)[C@@H]2C[C@@H](O)CN2C(=O)[C@@H](c2cc(OCC3CNC3)no2)C(C)C)cc1. The van der Waals surface area contributed by atoms with Crippen LogP contribution in [0.5, 0.6) is 5.88 Å². The van der Waals surface area contributed by atoms with Gasteiger partial charge in [0.1, 0.15) is 12.0 Å². The van der Waals surface area contributed by atoms with Crippen LogP contribution in [-0.2, 0) is 9.59 Å². The molecule has 4 heterocycles. The number of aliphatic hydroxyl groups excluding tert-OH is 1. The third-order valence-corrected chi connectivity index (χ3v) is 8.70. The van der Waals surface area contributed by atoms with Gasteiger partial charge in [-0.3, -0.25) is 9.59 Å². The van der Waals surface area contributed by atoms with Crippen LogP contribution in [0, 0.1) is 18.8 Å². The van der Waals surface area contributed by atoms with Crippen LogP contribution in [0.1, 0.15) is 56.2 Å². The van der Waals surface area contributed by atoms with Crippen LogP contribution in [0.4, 0.5) is 0 Å². The molecule has 1 aromatic carbocycles. The molecule has 5 rings (SSSR count). The number of hydrogen-bond donors (Lipinski definition) is 3. The molecule has 10 nitrogen and oxygen atoms in total. The van der Waals surface area contributed by atoms with Crippen LogP contribution in [0.15, 0.2) is 40.4 Å². The number of likely N-dealkylation sites (tertiary alicyclic amines) is 1. The molecule has 4 atom stereocenters. The number of aromatic nitrogens is 2. The van der Waals surface area contributed by atoms with Crippen LogP contribution in [0.25, 0.3) is 10.4 Å². The fourth-order valence-electron chi connectivity index (χ4n) is 5.27. The number of carbonyl (C=O) groups excluding carboxylic acids is 2. The first-order valence-electron chi connectivity index (χ1n) is 13.8. The van der Waals surface area contributed by atoms with Crippen LogP contribution in [-0.4, -0.2) is 70.3 Å². The van der Waals surface area contributed by atoms with Gasteiger partial charge in [-0.05, 0) is 36.0 Å². The maximum Gasteiger partial charge on any atom is 0.254 e. The molecule has 3 N–H and O–H groups in total. The van der Waals surface area contributed by atoms with Gasteiger partial charge in [0.2, 0.25) is 11.8 Å². The van der Waals surface area contributed by atoms with Gasteiger partial charge in [-0.1, -0.05) is 38.1 Å². The zero-order valence-electron chi connectivity index (χ0n) is 23.3. The summed E-state index contributed by atoms with van der Waals surface area (Å²) in [5.41, 5.74) is 4.85. The number of nitrogens with zero attached hydrogens (tertiary/aromatic N) is 3. The summed E-state index contributed by atoms with van der Waals surface area (Å²) in [5.74, 6) is -0.155. The molecule has 0 spiro atoms. The maximum atomic E-state index is 13.8. The summed E-state index contributed by atoms with van der Waals surface area (Å²) in [6.45, 7) is 10.2. The molecule has 2 aliphatic rings. The van der Waals surface area contributed by atoms with E-state index in [1.165, 1.54) is 4.90 Å². The van der Waals surface area contributed by atoms with Crippen molar-refractivity contribution in [2.45, 2.75) is 58.2 Å². The number of thiazole rings is 1. The molecule has 40 heavy (non-hydrogen) atoms. The molecule has 0 unspecified atom stereocenters. The molecule has 2 amide bonds. The number of amides is 2. The number of carbonyl (C=O) groups is 2. The third-order valence-electron chi connectivity index (χ3n) is 7.72. The second-order valence-electron chi connectivity index (χ2n) is 11.1. The van der Waals surface area contributed by atoms with Gasteiger partial charge >= 0.3 is 0 Å². The topological polar surface area (TPSA) is 130 Å². The van der Waals surface area contributed by atoms with E-state index in [1.54, 1.807) is 17.4 Å². The number of β-amino-alcohol motifs (C(OH)–C–C–N with tert-alkyl or cyclic N) is 1. The van der Waals surface area contributed by atoms with E-state index in [1.807, 2.05) is 57.5 Å². The minimum atomic E-state index is -0.783. The number of ether oxygens (including phenoxy) is 1. The Morgan fingerprint density at radius 1 is 1.25 bits per heavy atom. The van der Waals surface area contributed by atoms with Crippen molar-refractivity contribution in [1.82, 2.24) is 25.7 Å². The summed E-state index contributed by atoms with van der Waals surface area (Å²) in [6, 6.07) is 8.64. The van der Waals surface area contributed by atoms with Crippen molar-refractivity contribution >= 4 is 23.2 Å². The van der Waals surface area contributed by atoms with Crippen molar-refractivity contribution in [3.8, 4) is 16.3 Å². The van der Waals surface area contributed by atoms with Crippen molar-refractivity contribution < 1.29 is 24.0 Å². The van der Waals surface area contributed by atoms with E-state index in [-0.39, 0.29) is 36.7 Å². The number of benzene rings is 1. The highest BCUT2D eigenvalue weighted by Crippen LogP contribution is 2.33. The predicted molar refractivity (Wildman–Crippen MR) is 151 cm³/mol. The molecular weight excluding hydrogens is 530 g/mol. The fraction of sp³-hybridized carbons (Fsp3) is 0.517. The van der Waals surface area contributed by atoms with Crippen molar-refractivity contribution in [2.24, 2.45) is 11.8 Å². The lowest BCUT2D eigenvalue weighted by Crippen LogP contribution is -2.48. The third kappa shape index (κ3) is 6.06. The maximum absolute atomic E-state index is 13.8. The average molecular weight is 568 g/mol. The van der Waals surface area contributed by atoms with E-state index in [2.05, 4.69) is 20.8 Å². The number of nitrogens with one attached hydrogen (secondary N) is 2. The lowest BCUT2D eigenvalue weighted by molar-refractivity contribution is -0.141. The zero-order chi connectivity index (χ0) is 28.4.